The maximum atomic E-state index is 13.0. The van der Waals surface area contributed by atoms with Gasteiger partial charge < -0.3 is 4.90 Å². The summed E-state index contributed by atoms with van der Waals surface area (Å²) in [6.45, 7) is 3.69. The summed E-state index contributed by atoms with van der Waals surface area (Å²) in [7, 11) is -3.73. The number of rotatable bonds is 5. The van der Waals surface area contributed by atoms with Gasteiger partial charge in [0.25, 0.3) is 0 Å². The molecule has 4 rings (SSSR count). The molecule has 184 valence electrons. The molecule has 1 amide bonds. The van der Waals surface area contributed by atoms with E-state index in [0.29, 0.717) is 44.6 Å². The van der Waals surface area contributed by atoms with Crippen LogP contribution in [0, 0.1) is 0 Å². The second-order valence-corrected chi connectivity index (χ2v) is 10.6. The maximum absolute atomic E-state index is 13.0. The van der Waals surface area contributed by atoms with Gasteiger partial charge in [0.1, 0.15) is 0 Å². The van der Waals surface area contributed by atoms with Crippen molar-refractivity contribution in [2.45, 2.75) is 56.3 Å². The molecule has 2 aliphatic rings. The largest absolute Gasteiger partial charge is 0.416 e. The molecule has 0 saturated carbocycles. The lowest BCUT2D eigenvalue weighted by atomic mass is 10.0. The van der Waals surface area contributed by atoms with Crippen molar-refractivity contribution < 1.29 is 26.4 Å². The first kappa shape index (κ1) is 24.7. The number of carbonyl (C=O) groups is 1. The summed E-state index contributed by atoms with van der Waals surface area (Å²) in [6.07, 6.45) is -1.73. The first-order valence-electron chi connectivity index (χ1n) is 11.3. The number of anilines is 1. The molecule has 2 heterocycles. The van der Waals surface area contributed by atoms with Gasteiger partial charge in [0.15, 0.2) is 0 Å². The van der Waals surface area contributed by atoms with E-state index in [1.807, 2.05) is 4.90 Å². The van der Waals surface area contributed by atoms with Crippen molar-refractivity contribution in [3.8, 4) is 0 Å². The highest BCUT2D eigenvalue weighted by Gasteiger charge is 2.31. The number of alkyl halides is 3. The number of fused-ring (bicyclic) bond motifs is 1. The molecule has 2 aliphatic heterocycles. The van der Waals surface area contributed by atoms with Crippen LogP contribution in [-0.2, 0) is 34.0 Å². The molecule has 2 aromatic carbocycles. The molecule has 1 saturated heterocycles. The van der Waals surface area contributed by atoms with E-state index in [2.05, 4.69) is 4.72 Å². The molecule has 6 nitrogen and oxygen atoms in total. The van der Waals surface area contributed by atoms with Gasteiger partial charge in [-0.25, -0.2) is 13.1 Å². The molecule has 10 heteroatoms. The highest BCUT2D eigenvalue weighted by Crippen LogP contribution is 2.31. The van der Waals surface area contributed by atoms with Gasteiger partial charge >= 0.3 is 6.18 Å². The van der Waals surface area contributed by atoms with Crippen LogP contribution in [0.25, 0.3) is 0 Å². The Morgan fingerprint density at radius 3 is 2.50 bits per heavy atom. The van der Waals surface area contributed by atoms with Gasteiger partial charge in [-0.2, -0.15) is 13.2 Å². The third kappa shape index (κ3) is 5.61. The van der Waals surface area contributed by atoms with E-state index in [1.54, 1.807) is 23.1 Å². The molecule has 0 radical (unpaired) electrons. The average Bonchev–Trinajstić information content (AvgIpc) is 2.79. The molecule has 1 N–H and O–H groups in total. The number of benzene rings is 2. The van der Waals surface area contributed by atoms with Crippen molar-refractivity contribution in [1.29, 1.82) is 0 Å². The number of halogens is 3. The fraction of sp³-hybridized carbons (Fsp3) is 0.458. The third-order valence-corrected chi connectivity index (χ3v) is 7.95. The van der Waals surface area contributed by atoms with E-state index in [-0.39, 0.29) is 16.8 Å². The summed E-state index contributed by atoms with van der Waals surface area (Å²) in [4.78, 5) is 15.7. The summed E-state index contributed by atoms with van der Waals surface area (Å²) < 4.78 is 67.6. The Morgan fingerprint density at radius 1 is 1.09 bits per heavy atom. The van der Waals surface area contributed by atoms with Crippen LogP contribution >= 0.6 is 0 Å². The van der Waals surface area contributed by atoms with Gasteiger partial charge in [-0.1, -0.05) is 18.2 Å². The Hall–Kier alpha value is -2.43. The number of likely N-dealkylation sites (tertiary alicyclic amines) is 1. The normalized spacial score (nSPS) is 18.1. The summed E-state index contributed by atoms with van der Waals surface area (Å²) in [6, 6.07) is 9.94. The molecule has 2 aromatic rings. The molecule has 0 spiro atoms. The monoisotopic (exact) mass is 495 g/mol. The second kappa shape index (κ2) is 9.67. The molecular formula is C24H28F3N3O3S. The minimum atomic E-state index is -4.37. The molecule has 1 fully saturated rings. The van der Waals surface area contributed by atoms with Gasteiger partial charge in [-0.15, -0.1) is 0 Å². The van der Waals surface area contributed by atoms with E-state index in [1.165, 1.54) is 19.1 Å². The lowest BCUT2D eigenvalue weighted by Gasteiger charge is -2.32. The smallest absolute Gasteiger partial charge is 0.312 e. The predicted octanol–water partition coefficient (Wildman–Crippen LogP) is 3.95. The summed E-state index contributed by atoms with van der Waals surface area (Å²) in [5.74, 6) is -0.0634. The highest BCUT2D eigenvalue weighted by molar-refractivity contribution is 7.89. The van der Waals surface area contributed by atoms with Crippen molar-refractivity contribution in [1.82, 2.24) is 9.62 Å². The fourth-order valence-corrected chi connectivity index (χ4v) is 6.02. The van der Waals surface area contributed by atoms with Gasteiger partial charge in [0.05, 0.1) is 10.5 Å². The van der Waals surface area contributed by atoms with E-state index < -0.39 is 21.8 Å². The number of nitrogens with zero attached hydrogens (tertiary/aromatic N) is 2. The van der Waals surface area contributed by atoms with Crippen LogP contribution in [0.3, 0.4) is 0 Å². The zero-order valence-electron chi connectivity index (χ0n) is 18.9. The molecule has 0 unspecified atom stereocenters. The van der Waals surface area contributed by atoms with Crippen molar-refractivity contribution in [3.63, 3.8) is 0 Å². The Bertz CT molecular complexity index is 1160. The fourth-order valence-electron chi connectivity index (χ4n) is 4.67. The van der Waals surface area contributed by atoms with Crippen LogP contribution in [0.1, 0.15) is 42.9 Å². The van der Waals surface area contributed by atoms with Crippen LogP contribution in [0.5, 0.6) is 0 Å². The van der Waals surface area contributed by atoms with Crippen molar-refractivity contribution in [3.05, 3.63) is 59.2 Å². The first-order chi connectivity index (χ1) is 16.0. The average molecular weight is 496 g/mol. The number of nitrogens with one attached hydrogen (secondary N) is 1. The zero-order valence-corrected chi connectivity index (χ0v) is 19.8. The van der Waals surface area contributed by atoms with E-state index >= 15 is 0 Å². The maximum Gasteiger partial charge on any atom is 0.416 e. The Labute approximate surface area is 197 Å². The Kier molecular flexibility index (Phi) is 7.02. The van der Waals surface area contributed by atoms with E-state index in [0.717, 1.165) is 36.2 Å². The number of piperidine rings is 1. The van der Waals surface area contributed by atoms with Gasteiger partial charge in [0.2, 0.25) is 15.9 Å². The Balaban J connectivity index is 1.36. The van der Waals surface area contributed by atoms with Crippen LogP contribution in [0.2, 0.25) is 0 Å². The standard InChI is InChI=1S/C24H28F3N3O3S/c1-17(31)30-11-3-5-19-15-22(7-8-23(19)30)34(32,33)28-21-9-12-29(13-10-21)16-18-4-2-6-20(14-18)24(25,26)27/h2,4,6-8,14-15,21,28H,3,5,9-13,16H2,1H3. The summed E-state index contributed by atoms with van der Waals surface area (Å²) >= 11 is 0. The number of aryl methyl sites for hydroxylation is 1. The molecular weight excluding hydrogens is 467 g/mol. The van der Waals surface area contributed by atoms with Crippen LogP contribution in [0.4, 0.5) is 18.9 Å². The number of hydrogen-bond donors (Lipinski definition) is 1. The summed E-state index contributed by atoms with van der Waals surface area (Å²) in [5, 5.41) is 0. The van der Waals surface area contributed by atoms with Gasteiger partial charge in [-0.05, 0) is 61.1 Å². The quantitative estimate of drug-likeness (QED) is 0.682. The molecule has 0 aliphatic carbocycles. The van der Waals surface area contributed by atoms with Crippen LogP contribution in [0.15, 0.2) is 47.4 Å². The van der Waals surface area contributed by atoms with Gasteiger partial charge in [0, 0.05) is 44.8 Å². The molecule has 0 aromatic heterocycles. The number of hydrogen-bond acceptors (Lipinski definition) is 4. The van der Waals surface area contributed by atoms with Crippen molar-refractivity contribution in [2.75, 3.05) is 24.5 Å². The van der Waals surface area contributed by atoms with Crippen LogP contribution < -0.4 is 9.62 Å². The zero-order chi connectivity index (χ0) is 24.5. The van der Waals surface area contributed by atoms with Crippen molar-refractivity contribution >= 4 is 21.6 Å². The first-order valence-corrected chi connectivity index (χ1v) is 12.8. The van der Waals surface area contributed by atoms with E-state index in [9.17, 15) is 26.4 Å². The number of amides is 1. The SMILES string of the molecule is CC(=O)N1CCCc2cc(S(=O)(=O)NC3CCN(Cc4cccc(C(F)(F)F)c4)CC3)ccc21. The molecule has 0 atom stereocenters. The van der Waals surface area contributed by atoms with Crippen molar-refractivity contribution in [2.24, 2.45) is 0 Å². The number of carbonyl (C=O) groups excluding carboxylic acids is 1. The predicted molar refractivity (Wildman–Crippen MR) is 123 cm³/mol. The van der Waals surface area contributed by atoms with E-state index in [4.69, 9.17) is 0 Å². The lowest BCUT2D eigenvalue weighted by Crippen LogP contribution is -2.44. The second-order valence-electron chi connectivity index (χ2n) is 8.93. The molecule has 34 heavy (non-hydrogen) atoms. The highest BCUT2D eigenvalue weighted by atomic mass is 32.2. The number of sulfonamides is 1. The minimum Gasteiger partial charge on any atom is -0.312 e. The molecule has 0 bridgehead atoms. The Morgan fingerprint density at radius 2 is 1.82 bits per heavy atom. The third-order valence-electron chi connectivity index (χ3n) is 6.43. The summed E-state index contributed by atoms with van der Waals surface area (Å²) in [5.41, 5.74) is 1.53. The minimum absolute atomic E-state index is 0.0634. The lowest BCUT2D eigenvalue weighted by molar-refractivity contribution is -0.137. The van der Waals surface area contributed by atoms with Crippen LogP contribution in [-0.4, -0.2) is 44.9 Å². The van der Waals surface area contributed by atoms with Gasteiger partial charge in [-0.3, -0.25) is 9.69 Å². The topological polar surface area (TPSA) is 69.7 Å².